The average molecular weight is 477 g/mol. The fourth-order valence-corrected chi connectivity index (χ4v) is 5.40. The van der Waals surface area contributed by atoms with Crippen molar-refractivity contribution in [3.8, 4) is 17.2 Å². The second-order valence-corrected chi connectivity index (χ2v) is 11.5. The minimum Gasteiger partial charge on any atom is -0.507 e. The van der Waals surface area contributed by atoms with Crippen LogP contribution in [0.5, 0.6) is 5.75 Å². The predicted octanol–water partition coefficient (Wildman–Crippen LogP) is 3.51. The topological polar surface area (TPSA) is 123 Å². The molecule has 170 valence electrons. The molecule has 3 aromatic rings. The van der Waals surface area contributed by atoms with Crippen molar-refractivity contribution >= 4 is 27.1 Å². The highest BCUT2D eigenvalue weighted by Gasteiger charge is 2.33. The minimum absolute atomic E-state index is 0.0243. The molecule has 0 spiro atoms. The minimum atomic E-state index is -3.71. The van der Waals surface area contributed by atoms with Crippen molar-refractivity contribution in [1.29, 1.82) is 0 Å². The van der Waals surface area contributed by atoms with Gasteiger partial charge in [0.05, 0.1) is 21.9 Å². The molecule has 0 fully saturated rings. The zero-order chi connectivity index (χ0) is 23.3. The Hall–Kier alpha value is -2.62. The Morgan fingerprint density at radius 1 is 1.22 bits per heavy atom. The van der Waals surface area contributed by atoms with E-state index in [9.17, 15) is 13.5 Å². The number of aromatic hydroxyl groups is 1. The maximum atomic E-state index is 13.0. The number of nitrogens with zero attached hydrogens (tertiary/aromatic N) is 3. The molecule has 0 saturated carbocycles. The van der Waals surface area contributed by atoms with Gasteiger partial charge in [0, 0.05) is 35.6 Å². The number of phenols is 1. The fourth-order valence-electron chi connectivity index (χ4n) is 3.63. The van der Waals surface area contributed by atoms with Gasteiger partial charge in [-0.1, -0.05) is 44.5 Å². The molecule has 0 bridgehead atoms. The Balaban J connectivity index is 1.84. The van der Waals surface area contributed by atoms with Gasteiger partial charge in [-0.25, -0.2) is 8.42 Å². The van der Waals surface area contributed by atoms with E-state index >= 15 is 0 Å². The molecule has 2 aromatic carbocycles. The maximum absolute atomic E-state index is 13.0. The van der Waals surface area contributed by atoms with Gasteiger partial charge in [-0.05, 0) is 23.8 Å². The van der Waals surface area contributed by atoms with Crippen LogP contribution in [-0.2, 0) is 21.8 Å². The molecule has 2 heterocycles. The third kappa shape index (κ3) is 4.46. The normalized spacial score (nSPS) is 18.3. The van der Waals surface area contributed by atoms with E-state index in [2.05, 4.69) is 10.2 Å². The third-order valence-electron chi connectivity index (χ3n) is 5.23. The molecule has 0 amide bonds. The number of rotatable bonds is 3. The second kappa shape index (κ2) is 8.06. The molecule has 10 heteroatoms. The Bertz CT molecular complexity index is 1250. The third-order valence-corrected chi connectivity index (χ3v) is 7.34. The van der Waals surface area contributed by atoms with Gasteiger partial charge in [0.1, 0.15) is 5.75 Å². The lowest BCUT2D eigenvalue weighted by molar-refractivity contribution is 0.397. The first-order valence-corrected chi connectivity index (χ1v) is 12.2. The SMILES string of the molecule is CC(C)(C)c1nnc(-c2cc3c(cc2O)S(=O)(=O)C[C@H](N)CN3Cc2ccc(Cl)cc2)o1. The first-order chi connectivity index (χ1) is 14.9. The summed E-state index contributed by atoms with van der Waals surface area (Å²) in [6, 6.07) is 9.54. The van der Waals surface area contributed by atoms with E-state index in [1.807, 2.05) is 37.8 Å². The number of halogens is 1. The van der Waals surface area contributed by atoms with Crippen molar-refractivity contribution < 1.29 is 17.9 Å². The molecule has 0 radical (unpaired) electrons. The summed E-state index contributed by atoms with van der Waals surface area (Å²) >= 11 is 6.00. The van der Waals surface area contributed by atoms with Crippen molar-refractivity contribution in [2.24, 2.45) is 5.73 Å². The van der Waals surface area contributed by atoms with Crippen LogP contribution in [0.25, 0.3) is 11.5 Å². The second-order valence-electron chi connectivity index (χ2n) is 9.05. The average Bonchev–Trinajstić information content (AvgIpc) is 3.16. The lowest BCUT2D eigenvalue weighted by atomic mass is 9.97. The number of nitrogens with two attached hydrogens (primary N) is 1. The number of sulfone groups is 1. The predicted molar refractivity (Wildman–Crippen MR) is 123 cm³/mol. The summed E-state index contributed by atoms with van der Waals surface area (Å²) < 4.78 is 31.8. The van der Waals surface area contributed by atoms with Gasteiger partial charge in [-0.15, -0.1) is 10.2 Å². The number of hydrogen-bond donors (Lipinski definition) is 2. The molecule has 1 aromatic heterocycles. The number of fused-ring (bicyclic) bond motifs is 1. The van der Waals surface area contributed by atoms with E-state index in [4.69, 9.17) is 21.8 Å². The molecule has 1 atom stereocenters. The fraction of sp³-hybridized carbons (Fsp3) is 0.364. The molecular weight excluding hydrogens is 452 g/mol. The summed E-state index contributed by atoms with van der Waals surface area (Å²) in [6.45, 7) is 6.53. The standard InChI is InChI=1S/C22H25ClN4O4S/c1-22(2,3)21-26-25-20(31-21)16-8-17-19(9-18(16)28)32(29,30)12-15(24)11-27(17)10-13-4-6-14(23)7-5-13/h4-9,15,28H,10-12,24H2,1-3H3/t15-/m1/s1. The zero-order valence-electron chi connectivity index (χ0n) is 18.0. The largest absolute Gasteiger partial charge is 0.507 e. The van der Waals surface area contributed by atoms with E-state index in [0.29, 0.717) is 29.7 Å². The van der Waals surface area contributed by atoms with Crippen molar-refractivity contribution in [3.05, 3.63) is 52.9 Å². The number of hydrogen-bond acceptors (Lipinski definition) is 8. The van der Waals surface area contributed by atoms with Crippen LogP contribution in [0.3, 0.4) is 0 Å². The van der Waals surface area contributed by atoms with Crippen LogP contribution < -0.4 is 10.6 Å². The summed E-state index contributed by atoms with van der Waals surface area (Å²) in [7, 11) is -3.71. The number of phenolic OH excluding ortho intramolecular Hbond substituents is 1. The molecule has 0 saturated heterocycles. The van der Waals surface area contributed by atoms with Crippen LogP contribution >= 0.6 is 11.6 Å². The van der Waals surface area contributed by atoms with E-state index in [1.54, 1.807) is 18.2 Å². The van der Waals surface area contributed by atoms with Crippen LogP contribution in [0.15, 0.2) is 45.7 Å². The molecule has 0 unspecified atom stereocenters. The highest BCUT2D eigenvalue weighted by Crippen LogP contribution is 2.40. The zero-order valence-corrected chi connectivity index (χ0v) is 19.6. The van der Waals surface area contributed by atoms with Crippen molar-refractivity contribution in [2.75, 3.05) is 17.2 Å². The van der Waals surface area contributed by atoms with Crippen LogP contribution in [0, 0.1) is 0 Å². The van der Waals surface area contributed by atoms with Crippen LogP contribution in [0.4, 0.5) is 5.69 Å². The van der Waals surface area contributed by atoms with Crippen LogP contribution in [-0.4, -0.2) is 42.1 Å². The van der Waals surface area contributed by atoms with Gasteiger partial charge in [-0.2, -0.15) is 0 Å². The van der Waals surface area contributed by atoms with Gasteiger partial charge in [-0.3, -0.25) is 0 Å². The lowest BCUT2D eigenvalue weighted by Crippen LogP contribution is -2.39. The number of aromatic nitrogens is 2. The molecule has 8 nitrogen and oxygen atoms in total. The summed E-state index contributed by atoms with van der Waals surface area (Å²) in [5.74, 6) is 0.0606. The monoisotopic (exact) mass is 476 g/mol. The molecule has 1 aliphatic rings. The number of anilines is 1. The van der Waals surface area contributed by atoms with Crippen molar-refractivity contribution in [3.63, 3.8) is 0 Å². The Morgan fingerprint density at radius 2 is 1.91 bits per heavy atom. The van der Waals surface area contributed by atoms with Gasteiger partial charge < -0.3 is 20.2 Å². The van der Waals surface area contributed by atoms with Gasteiger partial charge in [0.25, 0.3) is 5.89 Å². The first-order valence-electron chi connectivity index (χ1n) is 10.1. The molecule has 4 rings (SSSR count). The van der Waals surface area contributed by atoms with Gasteiger partial charge in [0.2, 0.25) is 5.89 Å². The Morgan fingerprint density at radius 3 is 2.53 bits per heavy atom. The summed E-state index contributed by atoms with van der Waals surface area (Å²) in [5.41, 5.74) is 7.41. The lowest BCUT2D eigenvalue weighted by Gasteiger charge is -2.26. The highest BCUT2D eigenvalue weighted by atomic mass is 35.5. The molecule has 3 N–H and O–H groups in total. The Kier molecular flexibility index (Phi) is 5.68. The van der Waals surface area contributed by atoms with E-state index < -0.39 is 15.9 Å². The summed E-state index contributed by atoms with van der Waals surface area (Å²) in [4.78, 5) is 1.91. The van der Waals surface area contributed by atoms with E-state index in [0.717, 1.165) is 5.56 Å². The van der Waals surface area contributed by atoms with Crippen molar-refractivity contribution in [2.45, 2.75) is 43.7 Å². The molecule has 1 aliphatic heterocycles. The first kappa shape index (κ1) is 22.6. The molecular formula is C22H25ClN4O4S. The van der Waals surface area contributed by atoms with Gasteiger partial charge in [0.15, 0.2) is 9.84 Å². The molecule has 0 aliphatic carbocycles. The van der Waals surface area contributed by atoms with E-state index in [1.165, 1.54) is 6.07 Å². The quantitative estimate of drug-likeness (QED) is 0.588. The molecule has 32 heavy (non-hydrogen) atoms. The smallest absolute Gasteiger partial charge is 0.251 e. The maximum Gasteiger partial charge on any atom is 0.251 e. The van der Waals surface area contributed by atoms with Crippen LogP contribution in [0.2, 0.25) is 5.02 Å². The number of benzene rings is 2. The van der Waals surface area contributed by atoms with Gasteiger partial charge >= 0.3 is 0 Å². The van der Waals surface area contributed by atoms with Crippen LogP contribution in [0.1, 0.15) is 32.2 Å². The van der Waals surface area contributed by atoms with E-state index in [-0.39, 0.29) is 33.3 Å². The van der Waals surface area contributed by atoms with Crippen molar-refractivity contribution in [1.82, 2.24) is 10.2 Å². The summed E-state index contributed by atoms with van der Waals surface area (Å²) in [5, 5.41) is 19.4. The summed E-state index contributed by atoms with van der Waals surface area (Å²) in [6.07, 6.45) is 0. The Labute approximate surface area is 191 Å². The highest BCUT2D eigenvalue weighted by molar-refractivity contribution is 7.91.